The summed E-state index contributed by atoms with van der Waals surface area (Å²) in [6, 6.07) is 2.94. The van der Waals surface area contributed by atoms with Crippen molar-refractivity contribution in [3.63, 3.8) is 0 Å². The fourth-order valence-electron chi connectivity index (χ4n) is 2.97. The number of hydrogen-bond acceptors (Lipinski definition) is 7. The van der Waals surface area contributed by atoms with Crippen LogP contribution in [0.25, 0.3) is 22.4 Å². The molecule has 4 rings (SSSR count). The summed E-state index contributed by atoms with van der Waals surface area (Å²) in [5.41, 5.74) is 1.65. The maximum absolute atomic E-state index is 14.8. The van der Waals surface area contributed by atoms with Crippen LogP contribution in [-0.4, -0.2) is 35.4 Å². The molecule has 0 saturated heterocycles. The van der Waals surface area contributed by atoms with Gasteiger partial charge in [0.15, 0.2) is 5.69 Å². The van der Waals surface area contributed by atoms with Crippen LogP contribution in [0.5, 0.6) is 0 Å². The highest BCUT2D eigenvalue weighted by atomic mass is 32.1. The number of aromatic amines is 1. The standard InChI is InChI=1S/C18H18FN7OS/c1-4-26-14-5-10(6-15-20-13(8-28-15)9(2)3)12(19)7-11(14)17(27)16(23-26)18-21-24-25-22-18/h5,7-9H,4,6H2,1-3H3,(H,21,22,24,25). The van der Waals surface area contributed by atoms with E-state index in [0.29, 0.717) is 30.0 Å². The summed E-state index contributed by atoms with van der Waals surface area (Å²) in [4.78, 5) is 17.4. The number of nitrogens with zero attached hydrogens (tertiary/aromatic N) is 6. The Kier molecular flexibility index (Phi) is 4.71. The highest BCUT2D eigenvalue weighted by Gasteiger charge is 2.18. The second kappa shape index (κ2) is 7.19. The topological polar surface area (TPSA) is 102 Å². The van der Waals surface area contributed by atoms with E-state index in [9.17, 15) is 9.18 Å². The van der Waals surface area contributed by atoms with Crippen molar-refractivity contribution in [2.45, 2.75) is 39.7 Å². The van der Waals surface area contributed by atoms with Crippen molar-refractivity contribution in [2.75, 3.05) is 0 Å². The summed E-state index contributed by atoms with van der Waals surface area (Å²) in [6.07, 6.45) is 0.365. The minimum atomic E-state index is -0.446. The minimum absolute atomic E-state index is 0.0387. The summed E-state index contributed by atoms with van der Waals surface area (Å²) in [6.45, 7) is 6.54. The van der Waals surface area contributed by atoms with E-state index < -0.39 is 11.2 Å². The van der Waals surface area contributed by atoms with Crippen LogP contribution in [0.15, 0.2) is 22.3 Å². The van der Waals surface area contributed by atoms with Crippen molar-refractivity contribution < 1.29 is 4.39 Å². The Labute approximate surface area is 163 Å². The lowest BCUT2D eigenvalue weighted by Gasteiger charge is -2.11. The summed E-state index contributed by atoms with van der Waals surface area (Å²) < 4.78 is 16.5. The SMILES string of the molecule is CCn1nc(-c2nn[nH]n2)c(=O)c2cc(F)c(Cc3nc(C(C)C)cs3)cc21. The molecule has 28 heavy (non-hydrogen) atoms. The van der Waals surface area contributed by atoms with Gasteiger partial charge in [-0.2, -0.15) is 10.3 Å². The van der Waals surface area contributed by atoms with E-state index in [1.807, 2.05) is 12.3 Å². The van der Waals surface area contributed by atoms with Gasteiger partial charge < -0.3 is 0 Å². The van der Waals surface area contributed by atoms with E-state index in [0.717, 1.165) is 10.7 Å². The van der Waals surface area contributed by atoms with Crippen molar-refractivity contribution in [1.82, 2.24) is 35.4 Å². The molecule has 0 fully saturated rings. The molecule has 0 bridgehead atoms. The van der Waals surface area contributed by atoms with Crippen LogP contribution in [0.2, 0.25) is 0 Å². The zero-order valence-electron chi connectivity index (χ0n) is 15.6. The predicted molar refractivity (Wildman–Crippen MR) is 104 cm³/mol. The molecule has 0 spiro atoms. The number of aryl methyl sites for hydroxylation is 1. The molecule has 0 atom stereocenters. The number of nitrogens with one attached hydrogen (secondary N) is 1. The van der Waals surface area contributed by atoms with Gasteiger partial charge in [0.1, 0.15) is 5.82 Å². The Morgan fingerprint density at radius 1 is 1.32 bits per heavy atom. The van der Waals surface area contributed by atoms with E-state index in [2.05, 4.69) is 44.6 Å². The van der Waals surface area contributed by atoms with Crippen molar-refractivity contribution >= 4 is 22.2 Å². The maximum atomic E-state index is 14.8. The number of rotatable bonds is 5. The lowest BCUT2D eigenvalue weighted by Crippen LogP contribution is -2.17. The van der Waals surface area contributed by atoms with Gasteiger partial charge >= 0.3 is 0 Å². The van der Waals surface area contributed by atoms with Crippen molar-refractivity contribution in [3.05, 3.63) is 49.8 Å². The summed E-state index contributed by atoms with van der Waals surface area (Å²) in [7, 11) is 0. The van der Waals surface area contributed by atoms with Crippen LogP contribution in [-0.2, 0) is 13.0 Å². The number of halogens is 1. The first kappa shape index (κ1) is 18.4. The largest absolute Gasteiger partial charge is 0.287 e. The van der Waals surface area contributed by atoms with Crippen LogP contribution in [0, 0.1) is 5.82 Å². The first-order valence-corrected chi connectivity index (χ1v) is 9.77. The van der Waals surface area contributed by atoms with Gasteiger partial charge in [-0.05, 0) is 35.8 Å². The molecule has 0 aliphatic heterocycles. The molecule has 1 aromatic carbocycles. The second-order valence-electron chi connectivity index (χ2n) is 6.69. The van der Waals surface area contributed by atoms with E-state index in [1.54, 1.807) is 10.7 Å². The number of H-pyrrole nitrogens is 1. The van der Waals surface area contributed by atoms with Gasteiger partial charge in [-0.15, -0.1) is 21.5 Å². The third-order valence-corrected chi connectivity index (χ3v) is 5.35. The van der Waals surface area contributed by atoms with E-state index in [4.69, 9.17) is 0 Å². The molecule has 0 radical (unpaired) electrons. The quantitative estimate of drug-likeness (QED) is 0.554. The number of aromatic nitrogens is 7. The molecule has 10 heteroatoms. The average molecular weight is 399 g/mol. The summed E-state index contributed by atoms with van der Waals surface area (Å²) >= 11 is 1.51. The first-order valence-electron chi connectivity index (χ1n) is 8.89. The molecule has 0 unspecified atom stereocenters. The molecule has 8 nitrogen and oxygen atoms in total. The highest BCUT2D eigenvalue weighted by molar-refractivity contribution is 7.09. The van der Waals surface area contributed by atoms with Crippen LogP contribution in [0.1, 0.15) is 43.0 Å². The molecule has 0 saturated carbocycles. The molecule has 144 valence electrons. The zero-order valence-corrected chi connectivity index (χ0v) is 16.4. The summed E-state index contributed by atoms with van der Waals surface area (Å²) in [5.74, 6) is -0.0362. The van der Waals surface area contributed by atoms with E-state index in [-0.39, 0.29) is 16.9 Å². The maximum Gasteiger partial charge on any atom is 0.228 e. The van der Waals surface area contributed by atoms with Gasteiger partial charge in [-0.3, -0.25) is 9.48 Å². The fraction of sp³-hybridized carbons (Fsp3) is 0.333. The third kappa shape index (κ3) is 3.19. The van der Waals surface area contributed by atoms with Crippen LogP contribution >= 0.6 is 11.3 Å². The molecule has 3 heterocycles. The Morgan fingerprint density at radius 3 is 2.79 bits per heavy atom. The van der Waals surface area contributed by atoms with Crippen molar-refractivity contribution in [2.24, 2.45) is 0 Å². The molecular formula is C18H18FN7OS. The smallest absolute Gasteiger partial charge is 0.228 e. The van der Waals surface area contributed by atoms with Gasteiger partial charge in [0, 0.05) is 18.3 Å². The normalized spacial score (nSPS) is 11.6. The monoisotopic (exact) mass is 399 g/mol. The van der Waals surface area contributed by atoms with Crippen molar-refractivity contribution in [3.8, 4) is 11.5 Å². The first-order chi connectivity index (χ1) is 13.5. The van der Waals surface area contributed by atoms with Gasteiger partial charge in [0.25, 0.3) is 0 Å². The molecule has 3 aromatic heterocycles. The van der Waals surface area contributed by atoms with E-state index in [1.165, 1.54) is 17.4 Å². The third-order valence-electron chi connectivity index (χ3n) is 4.48. The van der Waals surface area contributed by atoms with Crippen molar-refractivity contribution in [1.29, 1.82) is 0 Å². The number of fused-ring (bicyclic) bond motifs is 1. The Balaban J connectivity index is 1.83. The number of tetrazole rings is 1. The second-order valence-corrected chi connectivity index (χ2v) is 7.63. The Morgan fingerprint density at radius 2 is 2.14 bits per heavy atom. The minimum Gasteiger partial charge on any atom is -0.287 e. The van der Waals surface area contributed by atoms with Crippen LogP contribution < -0.4 is 5.43 Å². The average Bonchev–Trinajstić information content (AvgIpc) is 3.35. The molecular weight excluding hydrogens is 381 g/mol. The van der Waals surface area contributed by atoms with Gasteiger partial charge in [-0.1, -0.05) is 13.8 Å². The predicted octanol–water partition coefficient (Wildman–Crippen LogP) is 2.91. The summed E-state index contributed by atoms with van der Waals surface area (Å²) in [5, 5.41) is 20.8. The lowest BCUT2D eigenvalue weighted by molar-refractivity contribution is 0.613. The Hall–Kier alpha value is -3.01. The van der Waals surface area contributed by atoms with Crippen LogP contribution in [0.3, 0.4) is 0 Å². The van der Waals surface area contributed by atoms with Gasteiger partial charge in [0.05, 0.1) is 21.6 Å². The number of hydrogen-bond donors (Lipinski definition) is 1. The number of thiazole rings is 1. The number of benzene rings is 1. The lowest BCUT2D eigenvalue weighted by atomic mass is 10.1. The highest BCUT2D eigenvalue weighted by Crippen LogP contribution is 2.24. The zero-order chi connectivity index (χ0) is 19.8. The molecule has 0 amide bonds. The fourth-order valence-corrected chi connectivity index (χ4v) is 3.95. The molecule has 4 aromatic rings. The Bertz CT molecular complexity index is 1200. The molecule has 1 N–H and O–H groups in total. The van der Waals surface area contributed by atoms with Gasteiger partial charge in [0.2, 0.25) is 11.3 Å². The molecule has 0 aliphatic carbocycles. The van der Waals surface area contributed by atoms with E-state index >= 15 is 0 Å². The molecule has 0 aliphatic rings. The van der Waals surface area contributed by atoms with Gasteiger partial charge in [-0.25, -0.2) is 9.37 Å². The van der Waals surface area contributed by atoms with Crippen LogP contribution in [0.4, 0.5) is 4.39 Å².